The van der Waals surface area contributed by atoms with Crippen molar-refractivity contribution >= 4 is 23.1 Å². The van der Waals surface area contributed by atoms with Gasteiger partial charge in [-0.1, -0.05) is 13.8 Å². The number of nitrogens with zero attached hydrogens (tertiary/aromatic N) is 1. The minimum atomic E-state index is -0.839. The summed E-state index contributed by atoms with van der Waals surface area (Å²) in [6, 6.07) is -0.228. The first-order valence-corrected chi connectivity index (χ1v) is 9.33. The lowest BCUT2D eigenvalue weighted by molar-refractivity contribution is -0.163. The van der Waals surface area contributed by atoms with Crippen LogP contribution in [0.5, 0.6) is 0 Å². The summed E-state index contributed by atoms with van der Waals surface area (Å²) in [7, 11) is 0. The molecule has 0 saturated carbocycles. The molecular formula is C18H28N2O3S. The van der Waals surface area contributed by atoms with Gasteiger partial charge in [0.2, 0.25) is 0 Å². The molecule has 0 radical (unpaired) electrons. The van der Waals surface area contributed by atoms with Gasteiger partial charge in [-0.3, -0.25) is 14.9 Å². The van der Waals surface area contributed by atoms with Crippen LogP contribution in [0.15, 0.2) is 11.6 Å². The van der Waals surface area contributed by atoms with Gasteiger partial charge in [0.05, 0.1) is 6.04 Å². The maximum Gasteiger partial charge on any atom is 0.326 e. The predicted octanol–water partition coefficient (Wildman–Crippen LogP) is 3.51. The number of hydrogen-bond acceptors (Lipinski definition) is 6. The second-order valence-electron chi connectivity index (χ2n) is 8.10. The average molecular weight is 352 g/mol. The highest BCUT2D eigenvalue weighted by Crippen LogP contribution is 2.43. The number of esters is 1. The van der Waals surface area contributed by atoms with Gasteiger partial charge in [-0.05, 0) is 46.5 Å². The molecule has 0 aromatic carbocycles. The number of Topliss-reactive ketones (excluding diaryl/α,β-unsaturated/α-hetero) is 1. The van der Waals surface area contributed by atoms with Crippen LogP contribution in [-0.4, -0.2) is 27.9 Å². The summed E-state index contributed by atoms with van der Waals surface area (Å²) in [6.45, 7) is 11.3. The topological polar surface area (TPSA) is 68.3 Å². The van der Waals surface area contributed by atoms with E-state index in [1.165, 1.54) is 11.3 Å². The fourth-order valence-corrected chi connectivity index (χ4v) is 4.14. The first-order chi connectivity index (χ1) is 11.0. The van der Waals surface area contributed by atoms with E-state index in [9.17, 15) is 9.59 Å². The number of hydrogen-bond donors (Lipinski definition) is 1. The van der Waals surface area contributed by atoms with Crippen molar-refractivity contribution in [2.24, 2.45) is 11.8 Å². The lowest BCUT2D eigenvalue weighted by Crippen LogP contribution is -2.52. The quantitative estimate of drug-likeness (QED) is 0.821. The van der Waals surface area contributed by atoms with Crippen molar-refractivity contribution in [2.45, 2.75) is 71.6 Å². The fraction of sp³-hybridized carbons (Fsp3) is 0.722. The average Bonchev–Trinajstić information content (AvgIpc) is 3.02. The van der Waals surface area contributed by atoms with Crippen molar-refractivity contribution < 1.29 is 14.3 Å². The number of carbonyl (C=O) groups is 2. The molecule has 0 unspecified atom stereocenters. The van der Waals surface area contributed by atoms with Gasteiger partial charge in [0, 0.05) is 17.5 Å². The molecule has 1 fully saturated rings. The van der Waals surface area contributed by atoms with E-state index in [4.69, 9.17) is 4.74 Å². The summed E-state index contributed by atoms with van der Waals surface area (Å²) in [5, 5.41) is 6.19. The molecule has 1 aliphatic rings. The van der Waals surface area contributed by atoms with Crippen molar-refractivity contribution in [3.05, 3.63) is 16.6 Å². The third-order valence-corrected chi connectivity index (χ3v) is 5.05. The van der Waals surface area contributed by atoms with E-state index < -0.39 is 11.1 Å². The summed E-state index contributed by atoms with van der Waals surface area (Å²) in [6.07, 6.45) is 2.82. The van der Waals surface area contributed by atoms with E-state index >= 15 is 0 Å². The number of nitrogens with one attached hydrogen (secondary N) is 1. The van der Waals surface area contributed by atoms with Crippen LogP contribution in [0.2, 0.25) is 0 Å². The van der Waals surface area contributed by atoms with Crippen LogP contribution in [0.25, 0.3) is 0 Å². The normalized spacial score (nSPS) is 27.5. The van der Waals surface area contributed by atoms with E-state index in [0.717, 1.165) is 5.01 Å². The molecule has 6 heteroatoms. The van der Waals surface area contributed by atoms with Crippen molar-refractivity contribution in [2.75, 3.05) is 0 Å². The van der Waals surface area contributed by atoms with Gasteiger partial charge in [-0.2, -0.15) is 0 Å². The Hall–Kier alpha value is -1.27. The first-order valence-electron chi connectivity index (χ1n) is 8.45. The predicted molar refractivity (Wildman–Crippen MR) is 94.8 cm³/mol. The molecule has 0 bridgehead atoms. The maximum atomic E-state index is 13.0. The van der Waals surface area contributed by atoms with E-state index in [-0.39, 0.29) is 23.7 Å². The molecule has 3 atom stereocenters. The molecule has 2 heterocycles. The number of ether oxygens (including phenoxy) is 1. The lowest BCUT2D eigenvalue weighted by atomic mass is 9.83. The zero-order chi connectivity index (χ0) is 18.1. The summed E-state index contributed by atoms with van der Waals surface area (Å²) in [4.78, 5) is 29.6. The Balaban J connectivity index is 2.37. The monoisotopic (exact) mass is 352 g/mol. The molecule has 0 spiro atoms. The molecule has 1 aromatic heterocycles. The van der Waals surface area contributed by atoms with Gasteiger partial charge >= 0.3 is 5.97 Å². The number of rotatable bonds is 5. The highest BCUT2D eigenvalue weighted by atomic mass is 32.1. The molecule has 2 rings (SSSR count). The third kappa shape index (κ3) is 4.22. The fourth-order valence-electron chi connectivity index (χ4n) is 3.39. The van der Waals surface area contributed by atoms with Crippen LogP contribution in [0, 0.1) is 11.8 Å². The Morgan fingerprint density at radius 1 is 1.46 bits per heavy atom. The number of carbonyl (C=O) groups excluding carboxylic acids is 2. The Kier molecular flexibility index (Phi) is 5.50. The second-order valence-corrected chi connectivity index (χ2v) is 9.02. The molecule has 1 saturated heterocycles. The largest absolute Gasteiger partial charge is 0.459 e. The molecular weight excluding hydrogens is 324 g/mol. The third-order valence-electron chi connectivity index (χ3n) is 4.19. The van der Waals surface area contributed by atoms with Gasteiger partial charge in [0.25, 0.3) is 0 Å². The number of ketones is 1. The van der Waals surface area contributed by atoms with E-state index in [0.29, 0.717) is 18.8 Å². The highest BCUT2D eigenvalue weighted by Gasteiger charge is 2.54. The molecule has 0 aliphatic carbocycles. The van der Waals surface area contributed by atoms with Gasteiger partial charge in [0.1, 0.15) is 21.9 Å². The number of aromatic nitrogens is 1. The molecule has 24 heavy (non-hydrogen) atoms. The van der Waals surface area contributed by atoms with Crippen molar-refractivity contribution in [3.8, 4) is 0 Å². The Labute approximate surface area is 148 Å². The van der Waals surface area contributed by atoms with Crippen LogP contribution in [0.4, 0.5) is 0 Å². The van der Waals surface area contributed by atoms with Gasteiger partial charge in [-0.15, -0.1) is 11.3 Å². The Morgan fingerprint density at radius 3 is 2.58 bits per heavy atom. The standard InChI is InChI=1S/C18H28N2O3S/c1-11(2)9-18(16(22)23-17(4,5)6)10-13(12(3)21)14(20-18)15-19-7-8-24-15/h7-8,11,13-14,20H,9-10H2,1-6H3/t13-,14-,18+/m1/s1. The van der Waals surface area contributed by atoms with Crippen molar-refractivity contribution in [1.29, 1.82) is 0 Å². The summed E-state index contributed by atoms with van der Waals surface area (Å²) < 4.78 is 5.69. The minimum absolute atomic E-state index is 0.0805. The van der Waals surface area contributed by atoms with Crippen LogP contribution in [0.3, 0.4) is 0 Å². The number of thiazole rings is 1. The molecule has 134 valence electrons. The van der Waals surface area contributed by atoms with E-state index in [1.807, 2.05) is 26.2 Å². The van der Waals surface area contributed by atoms with Crippen LogP contribution < -0.4 is 5.32 Å². The van der Waals surface area contributed by atoms with E-state index in [1.54, 1.807) is 13.1 Å². The molecule has 0 amide bonds. The zero-order valence-corrected chi connectivity index (χ0v) is 16.2. The highest BCUT2D eigenvalue weighted by molar-refractivity contribution is 7.09. The molecule has 1 aliphatic heterocycles. The smallest absolute Gasteiger partial charge is 0.326 e. The molecule has 1 N–H and O–H groups in total. The Bertz CT molecular complexity index is 592. The Morgan fingerprint density at radius 2 is 2.12 bits per heavy atom. The first kappa shape index (κ1) is 19.1. The summed E-state index contributed by atoms with van der Waals surface area (Å²) in [5.41, 5.74) is -1.40. The van der Waals surface area contributed by atoms with Gasteiger partial charge in [0.15, 0.2) is 0 Å². The van der Waals surface area contributed by atoms with E-state index in [2.05, 4.69) is 24.1 Å². The minimum Gasteiger partial charge on any atom is -0.459 e. The second kappa shape index (κ2) is 6.92. The summed E-state index contributed by atoms with van der Waals surface area (Å²) in [5.74, 6) is -0.152. The summed E-state index contributed by atoms with van der Waals surface area (Å²) >= 11 is 1.51. The molecule has 5 nitrogen and oxygen atoms in total. The maximum absolute atomic E-state index is 13.0. The molecule has 1 aromatic rings. The van der Waals surface area contributed by atoms with Crippen molar-refractivity contribution in [3.63, 3.8) is 0 Å². The van der Waals surface area contributed by atoms with Crippen molar-refractivity contribution in [1.82, 2.24) is 10.3 Å². The van der Waals surface area contributed by atoms with Crippen LogP contribution >= 0.6 is 11.3 Å². The lowest BCUT2D eigenvalue weighted by Gasteiger charge is -2.33. The van der Waals surface area contributed by atoms with Crippen LogP contribution in [0.1, 0.15) is 65.4 Å². The SMILES string of the molecule is CC(=O)[C@H]1C[C@@](CC(C)C)(C(=O)OC(C)(C)C)N[C@H]1c1nccs1. The van der Waals surface area contributed by atoms with Gasteiger partial charge in [-0.25, -0.2) is 4.98 Å². The zero-order valence-electron chi connectivity index (χ0n) is 15.4. The van der Waals surface area contributed by atoms with Gasteiger partial charge < -0.3 is 4.74 Å². The van der Waals surface area contributed by atoms with Crippen LogP contribution in [-0.2, 0) is 14.3 Å².